The van der Waals surface area contributed by atoms with Crippen LogP contribution in [0.25, 0.3) is 0 Å². The molecule has 0 N–H and O–H groups in total. The van der Waals surface area contributed by atoms with Crippen molar-refractivity contribution in [3.63, 3.8) is 0 Å². The molecule has 0 atom stereocenters. The van der Waals surface area contributed by atoms with E-state index in [1.165, 1.54) is 66.4 Å². The molecule has 0 radical (unpaired) electrons. The average molecular weight is 355 g/mol. The van der Waals surface area contributed by atoms with E-state index < -0.39 is 0 Å². The van der Waals surface area contributed by atoms with Gasteiger partial charge in [-0.15, -0.1) is 0 Å². The summed E-state index contributed by atoms with van der Waals surface area (Å²) in [6.45, 7) is 4.78. The zero-order valence-electron chi connectivity index (χ0n) is 11.2. The van der Waals surface area contributed by atoms with Crippen molar-refractivity contribution in [3.8, 4) is 0 Å². The molecule has 3 rings (SSSR count). The van der Waals surface area contributed by atoms with Crippen molar-refractivity contribution < 1.29 is 0 Å². The van der Waals surface area contributed by atoms with E-state index >= 15 is 0 Å². The van der Waals surface area contributed by atoms with Crippen LogP contribution in [0, 0.1) is 15.9 Å². The van der Waals surface area contributed by atoms with E-state index in [0.29, 0.717) is 5.41 Å². The third kappa shape index (κ3) is 2.40. The van der Waals surface area contributed by atoms with Crippen molar-refractivity contribution in [2.24, 2.45) is 5.41 Å². The molecule has 1 aromatic rings. The first-order chi connectivity index (χ1) is 8.69. The molecular formula is C16H22IN. The van der Waals surface area contributed by atoms with Gasteiger partial charge < -0.3 is 4.90 Å². The van der Waals surface area contributed by atoms with Crippen LogP contribution < -0.4 is 4.90 Å². The molecule has 0 amide bonds. The lowest BCUT2D eigenvalue weighted by Crippen LogP contribution is -2.56. The highest BCUT2D eigenvalue weighted by molar-refractivity contribution is 14.1. The molecule has 98 valence electrons. The highest BCUT2D eigenvalue weighted by atomic mass is 127. The van der Waals surface area contributed by atoms with Crippen LogP contribution in [0.1, 0.15) is 44.1 Å². The molecule has 2 aliphatic rings. The third-order valence-corrected chi connectivity index (χ3v) is 5.90. The Morgan fingerprint density at radius 3 is 2.33 bits per heavy atom. The SMILES string of the molecule is Cc1ccc(N2CC3(CCCCCC3)C2)cc1I. The Kier molecular flexibility index (Phi) is 3.57. The first kappa shape index (κ1) is 12.8. The van der Waals surface area contributed by atoms with Gasteiger partial charge in [0.15, 0.2) is 0 Å². The zero-order valence-corrected chi connectivity index (χ0v) is 13.4. The van der Waals surface area contributed by atoms with E-state index in [1.54, 1.807) is 0 Å². The van der Waals surface area contributed by atoms with Gasteiger partial charge in [-0.05, 0) is 60.1 Å². The molecule has 1 heterocycles. The average Bonchev–Trinajstić information content (AvgIpc) is 2.56. The summed E-state index contributed by atoms with van der Waals surface area (Å²) in [5, 5.41) is 0. The first-order valence-electron chi connectivity index (χ1n) is 7.20. The van der Waals surface area contributed by atoms with E-state index in [0.717, 1.165) is 0 Å². The van der Waals surface area contributed by atoms with E-state index in [1.807, 2.05) is 0 Å². The number of benzene rings is 1. The van der Waals surface area contributed by atoms with Crippen molar-refractivity contribution in [2.75, 3.05) is 18.0 Å². The van der Waals surface area contributed by atoms with Gasteiger partial charge >= 0.3 is 0 Å². The van der Waals surface area contributed by atoms with Crippen LogP contribution in [0.15, 0.2) is 18.2 Å². The van der Waals surface area contributed by atoms with Gasteiger partial charge in [0.1, 0.15) is 0 Å². The predicted octanol–water partition coefficient (Wildman–Crippen LogP) is 4.76. The van der Waals surface area contributed by atoms with E-state index in [-0.39, 0.29) is 0 Å². The Bertz CT molecular complexity index is 425. The molecule has 0 unspecified atom stereocenters. The second-order valence-electron chi connectivity index (χ2n) is 6.20. The van der Waals surface area contributed by atoms with Crippen molar-refractivity contribution in [1.29, 1.82) is 0 Å². The Labute approximate surface area is 124 Å². The number of hydrogen-bond donors (Lipinski definition) is 0. The fraction of sp³-hybridized carbons (Fsp3) is 0.625. The normalized spacial score (nSPS) is 22.7. The molecule has 1 spiro atoms. The van der Waals surface area contributed by atoms with Crippen LogP contribution in [0.2, 0.25) is 0 Å². The van der Waals surface area contributed by atoms with Crippen molar-refractivity contribution in [2.45, 2.75) is 45.4 Å². The van der Waals surface area contributed by atoms with Gasteiger partial charge in [-0.25, -0.2) is 0 Å². The van der Waals surface area contributed by atoms with Gasteiger partial charge in [-0.3, -0.25) is 0 Å². The Hall–Kier alpha value is -0.250. The summed E-state index contributed by atoms with van der Waals surface area (Å²) in [5.41, 5.74) is 3.50. The fourth-order valence-electron chi connectivity index (χ4n) is 3.52. The summed E-state index contributed by atoms with van der Waals surface area (Å²) in [4.78, 5) is 2.58. The number of nitrogens with zero attached hydrogens (tertiary/aromatic N) is 1. The molecule has 1 saturated carbocycles. The molecule has 2 heteroatoms. The van der Waals surface area contributed by atoms with Crippen LogP contribution in [0.4, 0.5) is 5.69 Å². The first-order valence-corrected chi connectivity index (χ1v) is 8.28. The van der Waals surface area contributed by atoms with Gasteiger partial charge in [0.25, 0.3) is 0 Å². The minimum absolute atomic E-state index is 0.673. The lowest BCUT2D eigenvalue weighted by Gasteiger charge is -2.51. The highest BCUT2D eigenvalue weighted by Crippen LogP contribution is 2.44. The number of rotatable bonds is 1. The van der Waals surface area contributed by atoms with Gasteiger partial charge in [0.05, 0.1) is 0 Å². The number of aryl methyl sites for hydroxylation is 1. The second kappa shape index (κ2) is 5.03. The summed E-state index contributed by atoms with van der Waals surface area (Å²) in [7, 11) is 0. The number of halogens is 1. The van der Waals surface area contributed by atoms with Crippen LogP contribution in [-0.4, -0.2) is 13.1 Å². The Balaban J connectivity index is 1.68. The van der Waals surface area contributed by atoms with Crippen LogP contribution >= 0.6 is 22.6 Å². The molecule has 0 bridgehead atoms. The van der Waals surface area contributed by atoms with Crippen molar-refractivity contribution in [3.05, 3.63) is 27.3 Å². The molecular weight excluding hydrogens is 333 g/mol. The smallest absolute Gasteiger partial charge is 0.0377 e. The number of anilines is 1. The summed E-state index contributed by atoms with van der Waals surface area (Å²) in [6, 6.07) is 6.90. The maximum absolute atomic E-state index is 2.58. The van der Waals surface area contributed by atoms with E-state index in [9.17, 15) is 0 Å². The van der Waals surface area contributed by atoms with Gasteiger partial charge in [0.2, 0.25) is 0 Å². The standard InChI is InChI=1S/C16H22IN/c1-13-6-7-14(10-15(13)17)18-11-16(12-18)8-4-2-3-5-9-16/h6-7,10H,2-5,8-9,11-12H2,1H3. The number of hydrogen-bond acceptors (Lipinski definition) is 1. The zero-order chi connectivity index (χ0) is 12.6. The van der Waals surface area contributed by atoms with Gasteiger partial charge in [-0.2, -0.15) is 0 Å². The lowest BCUT2D eigenvalue weighted by atomic mass is 9.73. The summed E-state index contributed by atoms with van der Waals surface area (Å²) < 4.78 is 1.40. The van der Waals surface area contributed by atoms with Crippen molar-refractivity contribution in [1.82, 2.24) is 0 Å². The highest BCUT2D eigenvalue weighted by Gasteiger charge is 2.42. The molecule has 1 aliphatic carbocycles. The predicted molar refractivity (Wildman–Crippen MR) is 86.2 cm³/mol. The molecule has 2 fully saturated rings. The minimum atomic E-state index is 0.673. The monoisotopic (exact) mass is 355 g/mol. The largest absolute Gasteiger partial charge is 0.370 e. The quantitative estimate of drug-likeness (QED) is 0.657. The minimum Gasteiger partial charge on any atom is -0.370 e. The summed E-state index contributed by atoms with van der Waals surface area (Å²) >= 11 is 2.45. The van der Waals surface area contributed by atoms with E-state index in [4.69, 9.17) is 0 Å². The van der Waals surface area contributed by atoms with Crippen LogP contribution in [0.5, 0.6) is 0 Å². The third-order valence-electron chi connectivity index (χ3n) is 4.74. The maximum Gasteiger partial charge on any atom is 0.0377 e. The summed E-state index contributed by atoms with van der Waals surface area (Å²) in [5.74, 6) is 0. The van der Waals surface area contributed by atoms with Gasteiger partial charge in [-0.1, -0.05) is 31.7 Å². The van der Waals surface area contributed by atoms with Gasteiger partial charge in [0, 0.05) is 27.8 Å². The second-order valence-corrected chi connectivity index (χ2v) is 7.37. The molecule has 1 nitrogen and oxygen atoms in total. The summed E-state index contributed by atoms with van der Waals surface area (Å²) in [6.07, 6.45) is 8.77. The Morgan fingerprint density at radius 1 is 1.06 bits per heavy atom. The topological polar surface area (TPSA) is 3.24 Å². The fourth-order valence-corrected chi connectivity index (χ4v) is 4.02. The maximum atomic E-state index is 2.58. The Morgan fingerprint density at radius 2 is 1.72 bits per heavy atom. The molecule has 18 heavy (non-hydrogen) atoms. The van der Waals surface area contributed by atoms with Crippen molar-refractivity contribution >= 4 is 28.3 Å². The molecule has 1 aromatic carbocycles. The van der Waals surface area contributed by atoms with E-state index in [2.05, 4.69) is 52.6 Å². The van der Waals surface area contributed by atoms with Crippen LogP contribution in [0.3, 0.4) is 0 Å². The van der Waals surface area contributed by atoms with Crippen LogP contribution in [-0.2, 0) is 0 Å². The molecule has 1 saturated heterocycles. The molecule has 0 aromatic heterocycles. The molecule has 1 aliphatic heterocycles. The lowest BCUT2D eigenvalue weighted by molar-refractivity contribution is 0.180.